The Morgan fingerprint density at radius 3 is 2.48 bits per heavy atom. The van der Waals surface area contributed by atoms with E-state index in [2.05, 4.69) is 75.0 Å². The molecule has 0 spiro atoms. The molecule has 0 radical (unpaired) electrons. The SMILES string of the molecule is C=C/C=C/N(CC(C)CN(C)C)C(/C=C\CC)=C\SCC. The molecule has 21 heavy (non-hydrogen) atoms. The molecule has 0 aliphatic rings. The molecular weight excluding hydrogens is 276 g/mol. The van der Waals surface area contributed by atoms with Crippen LogP contribution in [0.1, 0.15) is 27.2 Å². The van der Waals surface area contributed by atoms with Gasteiger partial charge in [-0.3, -0.25) is 0 Å². The molecule has 0 amide bonds. The normalized spacial score (nSPS) is 14.3. The van der Waals surface area contributed by atoms with Crippen LogP contribution >= 0.6 is 11.8 Å². The van der Waals surface area contributed by atoms with Crippen LogP contribution in [0, 0.1) is 5.92 Å². The van der Waals surface area contributed by atoms with Crippen molar-refractivity contribution in [3.05, 3.63) is 48.2 Å². The predicted octanol–water partition coefficient (Wildman–Crippen LogP) is 4.75. The molecule has 0 saturated carbocycles. The molecule has 0 aromatic carbocycles. The first kappa shape index (κ1) is 20.1. The first-order chi connectivity index (χ1) is 10.0. The van der Waals surface area contributed by atoms with E-state index in [0.717, 1.165) is 25.3 Å². The molecule has 0 rings (SSSR count). The van der Waals surface area contributed by atoms with Gasteiger partial charge in [-0.15, -0.1) is 11.8 Å². The number of nitrogens with zero attached hydrogens (tertiary/aromatic N) is 2. The van der Waals surface area contributed by atoms with Gasteiger partial charge < -0.3 is 9.80 Å². The highest BCUT2D eigenvalue weighted by Crippen LogP contribution is 2.16. The Labute approximate surface area is 136 Å². The molecule has 0 fully saturated rings. The second-order valence-electron chi connectivity index (χ2n) is 5.41. The summed E-state index contributed by atoms with van der Waals surface area (Å²) in [6.07, 6.45) is 11.5. The van der Waals surface area contributed by atoms with E-state index >= 15 is 0 Å². The summed E-state index contributed by atoms with van der Waals surface area (Å²) in [5, 5.41) is 2.25. The zero-order valence-electron chi connectivity index (χ0n) is 14.4. The minimum absolute atomic E-state index is 0.597. The molecule has 0 aliphatic carbocycles. The fraction of sp³-hybridized carbons (Fsp3) is 0.556. The van der Waals surface area contributed by atoms with Crippen molar-refractivity contribution in [1.82, 2.24) is 9.80 Å². The molecule has 0 aliphatic heterocycles. The summed E-state index contributed by atoms with van der Waals surface area (Å²) in [7, 11) is 4.25. The van der Waals surface area contributed by atoms with Gasteiger partial charge in [0, 0.05) is 25.0 Å². The third-order valence-electron chi connectivity index (χ3n) is 2.81. The lowest BCUT2D eigenvalue weighted by molar-refractivity contribution is 0.294. The summed E-state index contributed by atoms with van der Waals surface area (Å²) in [5.74, 6) is 1.69. The van der Waals surface area contributed by atoms with Crippen molar-refractivity contribution in [2.24, 2.45) is 5.92 Å². The summed E-state index contributed by atoms with van der Waals surface area (Å²) in [6.45, 7) is 12.5. The zero-order chi connectivity index (χ0) is 16.1. The van der Waals surface area contributed by atoms with Gasteiger partial charge in [-0.25, -0.2) is 0 Å². The average Bonchev–Trinajstić information content (AvgIpc) is 2.43. The first-order valence-corrected chi connectivity index (χ1v) is 8.78. The molecule has 0 aromatic rings. The van der Waals surface area contributed by atoms with Gasteiger partial charge in [-0.1, -0.05) is 39.5 Å². The maximum absolute atomic E-state index is 3.78. The van der Waals surface area contributed by atoms with Crippen LogP contribution in [0.5, 0.6) is 0 Å². The van der Waals surface area contributed by atoms with E-state index < -0.39 is 0 Å². The summed E-state index contributed by atoms with van der Waals surface area (Å²) in [6, 6.07) is 0. The Morgan fingerprint density at radius 1 is 1.24 bits per heavy atom. The van der Waals surface area contributed by atoms with Crippen LogP contribution < -0.4 is 0 Å². The second-order valence-corrected chi connectivity index (χ2v) is 6.55. The van der Waals surface area contributed by atoms with Crippen molar-refractivity contribution in [2.75, 3.05) is 32.9 Å². The van der Waals surface area contributed by atoms with E-state index in [1.165, 1.54) is 5.70 Å². The summed E-state index contributed by atoms with van der Waals surface area (Å²) < 4.78 is 0. The van der Waals surface area contributed by atoms with Crippen molar-refractivity contribution in [3.8, 4) is 0 Å². The molecule has 0 bridgehead atoms. The molecule has 0 heterocycles. The maximum Gasteiger partial charge on any atom is 0.0466 e. The van der Waals surface area contributed by atoms with Gasteiger partial charge in [0.2, 0.25) is 0 Å². The van der Waals surface area contributed by atoms with Crippen molar-refractivity contribution >= 4 is 11.8 Å². The van der Waals surface area contributed by atoms with Gasteiger partial charge in [0.15, 0.2) is 0 Å². The second kappa shape index (κ2) is 12.8. The van der Waals surface area contributed by atoms with E-state index in [9.17, 15) is 0 Å². The average molecular weight is 309 g/mol. The Morgan fingerprint density at radius 2 is 1.95 bits per heavy atom. The van der Waals surface area contributed by atoms with Crippen molar-refractivity contribution < 1.29 is 0 Å². The molecule has 0 N–H and O–H groups in total. The van der Waals surface area contributed by atoms with Crippen LogP contribution in [0.4, 0.5) is 0 Å². The van der Waals surface area contributed by atoms with E-state index in [1.54, 1.807) is 0 Å². The highest BCUT2D eigenvalue weighted by atomic mass is 32.2. The van der Waals surface area contributed by atoms with E-state index in [-0.39, 0.29) is 0 Å². The van der Waals surface area contributed by atoms with Crippen molar-refractivity contribution in [2.45, 2.75) is 27.2 Å². The van der Waals surface area contributed by atoms with Crippen LogP contribution in [0.3, 0.4) is 0 Å². The molecule has 120 valence electrons. The van der Waals surface area contributed by atoms with E-state index in [0.29, 0.717) is 5.92 Å². The molecule has 0 aromatic heterocycles. The Bertz CT molecular complexity index is 356. The molecular formula is C18H32N2S. The zero-order valence-corrected chi connectivity index (χ0v) is 15.2. The van der Waals surface area contributed by atoms with Crippen LogP contribution in [-0.4, -0.2) is 42.7 Å². The lowest BCUT2D eigenvalue weighted by atomic mass is 10.1. The monoisotopic (exact) mass is 308 g/mol. The number of hydrogen-bond acceptors (Lipinski definition) is 3. The molecule has 0 saturated heterocycles. The van der Waals surface area contributed by atoms with Gasteiger partial charge in [-0.05, 0) is 49.7 Å². The van der Waals surface area contributed by atoms with Gasteiger partial charge in [0.05, 0.1) is 0 Å². The lowest BCUT2D eigenvalue weighted by Crippen LogP contribution is -2.29. The fourth-order valence-electron chi connectivity index (χ4n) is 2.04. The largest absolute Gasteiger partial charge is 0.347 e. The molecule has 2 nitrogen and oxygen atoms in total. The topological polar surface area (TPSA) is 6.48 Å². The number of thioether (sulfide) groups is 1. The molecule has 1 unspecified atom stereocenters. The molecule has 1 atom stereocenters. The lowest BCUT2D eigenvalue weighted by Gasteiger charge is -2.27. The smallest absolute Gasteiger partial charge is 0.0466 e. The van der Waals surface area contributed by atoms with Crippen molar-refractivity contribution in [3.63, 3.8) is 0 Å². The summed E-state index contributed by atoms with van der Waals surface area (Å²) in [5.41, 5.74) is 1.26. The Hall–Kier alpha value is -0.930. The summed E-state index contributed by atoms with van der Waals surface area (Å²) >= 11 is 1.84. The van der Waals surface area contributed by atoms with Crippen LogP contribution in [0.25, 0.3) is 0 Å². The molecule has 3 heteroatoms. The van der Waals surface area contributed by atoms with Crippen LogP contribution in [0.2, 0.25) is 0 Å². The maximum atomic E-state index is 3.78. The highest BCUT2D eigenvalue weighted by Gasteiger charge is 2.10. The minimum Gasteiger partial charge on any atom is -0.347 e. The standard InChI is InChI=1S/C18H32N2S/c1-7-10-12-18(16-21-9-3)20(13-11-8-2)15-17(4)14-19(5)6/h8,10-13,16-17H,2,7,9,14-15H2,1,3-6H3/b12-10-,13-11+,18-16-. The minimum atomic E-state index is 0.597. The van der Waals surface area contributed by atoms with Crippen molar-refractivity contribution in [1.29, 1.82) is 0 Å². The van der Waals surface area contributed by atoms with Gasteiger partial charge >= 0.3 is 0 Å². The third kappa shape index (κ3) is 10.4. The predicted molar refractivity (Wildman–Crippen MR) is 99.4 cm³/mol. The Balaban J connectivity index is 5.07. The highest BCUT2D eigenvalue weighted by molar-refractivity contribution is 8.02. The first-order valence-electron chi connectivity index (χ1n) is 7.73. The number of allylic oxidation sites excluding steroid dienone is 4. The van der Waals surface area contributed by atoms with Crippen LogP contribution in [0.15, 0.2) is 48.2 Å². The van der Waals surface area contributed by atoms with E-state index in [1.807, 2.05) is 23.9 Å². The van der Waals surface area contributed by atoms with Gasteiger partial charge in [0.1, 0.15) is 0 Å². The van der Waals surface area contributed by atoms with Gasteiger partial charge in [-0.2, -0.15) is 0 Å². The number of rotatable bonds is 11. The number of hydrogen-bond donors (Lipinski definition) is 0. The van der Waals surface area contributed by atoms with Gasteiger partial charge in [0.25, 0.3) is 0 Å². The quantitative estimate of drug-likeness (QED) is 0.509. The fourth-order valence-corrected chi connectivity index (χ4v) is 2.60. The van der Waals surface area contributed by atoms with Crippen LogP contribution in [-0.2, 0) is 0 Å². The van der Waals surface area contributed by atoms with E-state index in [4.69, 9.17) is 0 Å². The Kier molecular flexibility index (Phi) is 12.2. The third-order valence-corrected chi connectivity index (χ3v) is 3.56. The summed E-state index contributed by atoms with van der Waals surface area (Å²) in [4.78, 5) is 4.57.